The van der Waals surface area contributed by atoms with Crippen molar-refractivity contribution in [3.63, 3.8) is 0 Å². The number of hydrogen-bond donors (Lipinski definition) is 2. The molecule has 0 aliphatic heterocycles. The molecule has 0 aliphatic rings. The van der Waals surface area contributed by atoms with Gasteiger partial charge < -0.3 is 19.8 Å². The molecule has 0 saturated carbocycles. The number of benzene rings is 2. The average molecular weight is 472 g/mol. The third kappa shape index (κ3) is 6.18. The quantitative estimate of drug-likeness (QED) is 0.384. The highest BCUT2D eigenvalue weighted by atomic mass is 19.1. The van der Waals surface area contributed by atoms with Crippen molar-refractivity contribution < 1.29 is 32.6 Å². The molecule has 0 bridgehead atoms. The second-order valence-electron chi connectivity index (χ2n) is 9.15. The van der Waals surface area contributed by atoms with Gasteiger partial charge in [-0.25, -0.2) is 18.4 Å². The van der Waals surface area contributed by atoms with Crippen LogP contribution in [0.1, 0.15) is 43.6 Å². The molecule has 2 aromatic carbocycles. The molecule has 0 spiro atoms. The van der Waals surface area contributed by atoms with Gasteiger partial charge in [-0.3, -0.25) is 4.79 Å². The summed E-state index contributed by atoms with van der Waals surface area (Å²) in [5.74, 6) is -2.32. The summed E-state index contributed by atoms with van der Waals surface area (Å²) in [6, 6.07) is 9.00. The molecule has 1 amide bonds. The highest BCUT2D eigenvalue weighted by Gasteiger charge is 2.39. The van der Waals surface area contributed by atoms with Gasteiger partial charge in [0.15, 0.2) is 12.4 Å². The Morgan fingerprint density at radius 1 is 0.971 bits per heavy atom. The topological polar surface area (TPSA) is 97.5 Å². The number of ketones is 1. The summed E-state index contributed by atoms with van der Waals surface area (Å²) in [5.41, 5.74) is -1.11. The largest absolute Gasteiger partial charge is 0.456 e. The normalized spacial score (nSPS) is 13.2. The summed E-state index contributed by atoms with van der Waals surface area (Å²) >= 11 is 0. The van der Waals surface area contributed by atoms with Crippen molar-refractivity contribution in [2.45, 2.75) is 45.3 Å². The molecule has 1 aromatic heterocycles. The van der Waals surface area contributed by atoms with Gasteiger partial charge in [-0.05, 0) is 75.7 Å². The van der Waals surface area contributed by atoms with Crippen molar-refractivity contribution in [1.82, 2.24) is 10.3 Å². The molecule has 9 heteroatoms. The number of esters is 1. The van der Waals surface area contributed by atoms with E-state index in [1.54, 1.807) is 33.0 Å². The van der Waals surface area contributed by atoms with Crippen LogP contribution in [-0.2, 0) is 20.7 Å². The van der Waals surface area contributed by atoms with Crippen LogP contribution in [0.4, 0.5) is 13.6 Å². The Kier molecular flexibility index (Phi) is 7.04. The third-order valence-electron chi connectivity index (χ3n) is 5.00. The number of carbonyl (C=O) groups excluding carboxylic acids is 3. The third-order valence-corrected chi connectivity index (χ3v) is 5.00. The van der Waals surface area contributed by atoms with Gasteiger partial charge in [-0.2, -0.15) is 0 Å². The van der Waals surface area contributed by atoms with E-state index in [-0.39, 0.29) is 12.0 Å². The van der Waals surface area contributed by atoms with Gasteiger partial charge in [0.1, 0.15) is 22.8 Å². The number of aromatic nitrogens is 1. The zero-order valence-corrected chi connectivity index (χ0v) is 19.3. The molecule has 1 atom stereocenters. The number of H-pyrrole nitrogens is 1. The predicted molar refractivity (Wildman–Crippen MR) is 121 cm³/mol. The molecule has 3 rings (SSSR count). The maximum atomic E-state index is 13.6. The van der Waals surface area contributed by atoms with E-state index in [9.17, 15) is 23.2 Å². The maximum absolute atomic E-state index is 13.6. The number of nitrogens with one attached hydrogen (secondary N) is 2. The van der Waals surface area contributed by atoms with E-state index < -0.39 is 47.2 Å². The molecular formula is C25H26F2N2O5. The van der Waals surface area contributed by atoms with Gasteiger partial charge in [0, 0.05) is 29.1 Å². The summed E-state index contributed by atoms with van der Waals surface area (Å²) < 4.78 is 37.2. The van der Waals surface area contributed by atoms with E-state index in [0.717, 1.165) is 12.1 Å². The van der Waals surface area contributed by atoms with Crippen molar-refractivity contribution in [3.8, 4) is 0 Å². The zero-order chi connectivity index (χ0) is 25.1. The summed E-state index contributed by atoms with van der Waals surface area (Å²) in [5, 5.41) is 3.21. The zero-order valence-electron chi connectivity index (χ0n) is 19.3. The Morgan fingerprint density at radius 3 is 2.26 bits per heavy atom. The van der Waals surface area contributed by atoms with E-state index >= 15 is 0 Å². The first-order chi connectivity index (χ1) is 15.9. The number of carbonyl (C=O) groups is 3. The van der Waals surface area contributed by atoms with Gasteiger partial charge in [0.2, 0.25) is 0 Å². The summed E-state index contributed by atoms with van der Waals surface area (Å²) in [4.78, 5) is 40.9. The number of amides is 1. The lowest BCUT2D eigenvalue weighted by Gasteiger charge is -2.30. The van der Waals surface area contributed by atoms with Crippen molar-refractivity contribution in [2.24, 2.45) is 0 Å². The fourth-order valence-corrected chi connectivity index (χ4v) is 3.39. The Bertz CT molecular complexity index is 1210. The monoisotopic (exact) mass is 472 g/mol. The van der Waals surface area contributed by atoms with Crippen LogP contribution in [0.3, 0.4) is 0 Å². The number of Topliss-reactive ketones (excluding diaryl/α,β-unsaturated/α-hetero) is 1. The summed E-state index contributed by atoms with van der Waals surface area (Å²) in [6.45, 7) is 5.88. The molecular weight excluding hydrogens is 446 g/mol. The van der Waals surface area contributed by atoms with Crippen molar-refractivity contribution >= 4 is 28.7 Å². The summed E-state index contributed by atoms with van der Waals surface area (Å²) in [6.07, 6.45) is 0.736. The van der Waals surface area contributed by atoms with E-state index in [1.165, 1.54) is 31.2 Å². The number of halogens is 2. The smallest absolute Gasteiger partial charge is 0.408 e. The fraction of sp³-hybridized carbons (Fsp3) is 0.320. The Balaban J connectivity index is 1.82. The van der Waals surface area contributed by atoms with Crippen LogP contribution in [0.2, 0.25) is 0 Å². The van der Waals surface area contributed by atoms with Crippen molar-refractivity contribution in [3.05, 3.63) is 71.4 Å². The highest BCUT2D eigenvalue weighted by Crippen LogP contribution is 2.25. The second kappa shape index (κ2) is 9.62. The molecule has 0 fully saturated rings. The maximum Gasteiger partial charge on any atom is 0.408 e. The van der Waals surface area contributed by atoms with Crippen LogP contribution in [0.5, 0.6) is 0 Å². The molecule has 34 heavy (non-hydrogen) atoms. The lowest BCUT2D eigenvalue weighted by molar-refractivity contribution is -0.149. The predicted octanol–water partition coefficient (Wildman–Crippen LogP) is 4.70. The SMILES string of the molecule is CC(C)(C)OC(=O)N[C@@](C)(Cc1c[nH]c2cc(F)ccc12)C(=O)OCC(=O)c1ccc(F)cc1. The Labute approximate surface area is 195 Å². The number of ether oxygens (including phenoxy) is 2. The molecule has 180 valence electrons. The minimum atomic E-state index is -1.62. The lowest BCUT2D eigenvalue weighted by atomic mass is 9.92. The molecule has 0 saturated heterocycles. The summed E-state index contributed by atoms with van der Waals surface area (Å²) in [7, 11) is 0. The second-order valence-corrected chi connectivity index (χ2v) is 9.15. The van der Waals surface area contributed by atoms with Crippen LogP contribution >= 0.6 is 0 Å². The Hall–Kier alpha value is -3.75. The van der Waals surface area contributed by atoms with Crippen LogP contribution in [-0.4, -0.2) is 40.6 Å². The average Bonchev–Trinajstić information content (AvgIpc) is 3.11. The molecule has 3 aromatic rings. The fourth-order valence-electron chi connectivity index (χ4n) is 3.39. The van der Waals surface area contributed by atoms with Crippen LogP contribution in [0, 0.1) is 11.6 Å². The van der Waals surface area contributed by atoms with Gasteiger partial charge in [0.25, 0.3) is 0 Å². The first-order valence-corrected chi connectivity index (χ1v) is 10.6. The number of aromatic amines is 1. The number of rotatable bonds is 7. The molecule has 0 radical (unpaired) electrons. The van der Waals surface area contributed by atoms with E-state index in [4.69, 9.17) is 9.47 Å². The van der Waals surface area contributed by atoms with E-state index in [0.29, 0.717) is 16.5 Å². The molecule has 2 N–H and O–H groups in total. The first kappa shape index (κ1) is 24.9. The minimum Gasteiger partial charge on any atom is -0.456 e. The molecule has 1 heterocycles. The Morgan fingerprint density at radius 2 is 1.62 bits per heavy atom. The van der Waals surface area contributed by atoms with Crippen LogP contribution in [0.25, 0.3) is 10.9 Å². The minimum absolute atomic E-state index is 0.0263. The van der Waals surface area contributed by atoms with Gasteiger partial charge in [0.05, 0.1) is 0 Å². The first-order valence-electron chi connectivity index (χ1n) is 10.6. The van der Waals surface area contributed by atoms with Gasteiger partial charge in [-0.15, -0.1) is 0 Å². The van der Waals surface area contributed by atoms with E-state index in [2.05, 4.69) is 10.3 Å². The molecule has 0 unspecified atom stereocenters. The van der Waals surface area contributed by atoms with E-state index in [1.807, 2.05) is 0 Å². The van der Waals surface area contributed by atoms with Crippen LogP contribution in [0.15, 0.2) is 48.7 Å². The van der Waals surface area contributed by atoms with Crippen molar-refractivity contribution in [2.75, 3.05) is 6.61 Å². The standard InChI is InChI=1S/C25H26F2N2O5/c1-24(2,3)34-23(32)29-25(4,12-16-13-28-20-11-18(27)9-10-19(16)20)22(31)33-14-21(30)15-5-7-17(26)8-6-15/h5-11,13,28H,12,14H2,1-4H3,(H,29,32)/t25-/m0/s1. The van der Waals surface area contributed by atoms with Crippen LogP contribution < -0.4 is 5.32 Å². The number of hydrogen-bond acceptors (Lipinski definition) is 5. The number of alkyl carbamates (subject to hydrolysis) is 1. The molecule has 7 nitrogen and oxygen atoms in total. The molecule has 0 aliphatic carbocycles. The van der Waals surface area contributed by atoms with Gasteiger partial charge in [-0.1, -0.05) is 0 Å². The number of fused-ring (bicyclic) bond motifs is 1. The van der Waals surface area contributed by atoms with Crippen molar-refractivity contribution in [1.29, 1.82) is 0 Å². The van der Waals surface area contributed by atoms with Gasteiger partial charge >= 0.3 is 12.1 Å². The highest BCUT2D eigenvalue weighted by molar-refractivity contribution is 5.98. The lowest BCUT2D eigenvalue weighted by Crippen LogP contribution is -2.55.